The Kier molecular flexibility index (Phi) is 3.63. The topological polar surface area (TPSA) is 53.6 Å². The zero-order chi connectivity index (χ0) is 12.1. The number of hydrogen-bond donors (Lipinski definition) is 1. The largest absolute Gasteiger partial charge is 0.382 e. The molecule has 2 rings (SSSR count). The summed E-state index contributed by atoms with van der Waals surface area (Å²) in [6.07, 6.45) is 5.38. The van der Waals surface area contributed by atoms with Crippen molar-refractivity contribution >= 4 is 17.3 Å². The van der Waals surface area contributed by atoms with Crippen LogP contribution in [0.3, 0.4) is 0 Å². The predicted molar refractivity (Wildman–Crippen MR) is 66.9 cm³/mol. The lowest BCUT2D eigenvalue weighted by Crippen LogP contribution is -2.10. The lowest BCUT2D eigenvalue weighted by Gasteiger charge is -2.09. The third-order valence-electron chi connectivity index (χ3n) is 2.37. The third kappa shape index (κ3) is 2.77. The average molecular weight is 247 g/mol. The quantitative estimate of drug-likeness (QED) is 0.902. The van der Waals surface area contributed by atoms with Crippen LogP contribution in [0.15, 0.2) is 36.9 Å². The molecule has 1 aromatic carbocycles. The first-order valence-electron chi connectivity index (χ1n) is 5.19. The Morgan fingerprint density at radius 3 is 3.06 bits per heavy atom. The summed E-state index contributed by atoms with van der Waals surface area (Å²) in [5, 5.41) is 12.7. The molecule has 0 radical (unpaired) electrons. The summed E-state index contributed by atoms with van der Waals surface area (Å²) in [7, 11) is 0. The maximum absolute atomic E-state index is 8.99. The summed E-state index contributed by atoms with van der Waals surface area (Å²) < 4.78 is 1.96. The van der Waals surface area contributed by atoms with Gasteiger partial charge in [0.2, 0.25) is 0 Å². The second kappa shape index (κ2) is 5.37. The van der Waals surface area contributed by atoms with Crippen molar-refractivity contribution in [3.63, 3.8) is 0 Å². The van der Waals surface area contributed by atoms with E-state index in [4.69, 9.17) is 16.9 Å². The third-order valence-corrected chi connectivity index (χ3v) is 2.69. The molecule has 0 aliphatic heterocycles. The van der Waals surface area contributed by atoms with E-state index in [1.54, 1.807) is 18.6 Å². The number of nitrogens with zero attached hydrogens (tertiary/aromatic N) is 3. The van der Waals surface area contributed by atoms with E-state index in [0.717, 1.165) is 12.2 Å². The molecule has 0 saturated carbocycles. The predicted octanol–water partition coefficient (Wildman–Crippen LogP) is 2.52. The molecule has 0 amide bonds. The number of benzene rings is 1. The minimum absolute atomic E-state index is 0.472. The van der Waals surface area contributed by atoms with Crippen molar-refractivity contribution in [1.82, 2.24) is 9.55 Å². The van der Waals surface area contributed by atoms with Gasteiger partial charge < -0.3 is 9.88 Å². The van der Waals surface area contributed by atoms with Gasteiger partial charge in [0.05, 0.1) is 22.6 Å². The zero-order valence-corrected chi connectivity index (χ0v) is 9.85. The van der Waals surface area contributed by atoms with Gasteiger partial charge in [0.25, 0.3) is 0 Å². The zero-order valence-electron chi connectivity index (χ0n) is 9.10. The molecule has 0 saturated heterocycles. The molecule has 1 heterocycles. The maximum Gasteiger partial charge on any atom is 0.103 e. The molecule has 1 N–H and O–H groups in total. The molecule has 0 unspecified atom stereocenters. The number of hydrogen-bond acceptors (Lipinski definition) is 3. The van der Waals surface area contributed by atoms with Crippen LogP contribution >= 0.6 is 11.6 Å². The lowest BCUT2D eigenvalue weighted by atomic mass is 10.2. The fourth-order valence-corrected chi connectivity index (χ4v) is 1.74. The van der Waals surface area contributed by atoms with E-state index >= 15 is 0 Å². The SMILES string of the molecule is N#Cc1c(Cl)cccc1NCCn1ccnc1. The number of halogens is 1. The summed E-state index contributed by atoms with van der Waals surface area (Å²) in [6.45, 7) is 1.50. The van der Waals surface area contributed by atoms with E-state index < -0.39 is 0 Å². The van der Waals surface area contributed by atoms with Crippen LogP contribution in [0.4, 0.5) is 5.69 Å². The van der Waals surface area contributed by atoms with Gasteiger partial charge in [0.1, 0.15) is 6.07 Å². The van der Waals surface area contributed by atoms with Gasteiger partial charge in [0, 0.05) is 25.5 Å². The standard InChI is InChI=1S/C12H11ClN4/c13-11-2-1-3-12(10(11)8-14)16-5-7-17-6-4-15-9-17/h1-4,6,9,16H,5,7H2. The number of anilines is 1. The summed E-state index contributed by atoms with van der Waals surface area (Å²) in [5.74, 6) is 0. The minimum Gasteiger partial charge on any atom is -0.382 e. The molecule has 4 nitrogen and oxygen atoms in total. The molecule has 0 bridgehead atoms. The van der Waals surface area contributed by atoms with Crippen LogP contribution in [0.1, 0.15) is 5.56 Å². The Morgan fingerprint density at radius 1 is 1.47 bits per heavy atom. The van der Waals surface area contributed by atoms with Crippen LogP contribution in [0.5, 0.6) is 0 Å². The maximum atomic E-state index is 8.99. The second-order valence-corrected chi connectivity index (χ2v) is 3.91. The van der Waals surface area contributed by atoms with Gasteiger partial charge in [-0.15, -0.1) is 0 Å². The molecular weight excluding hydrogens is 236 g/mol. The molecular formula is C12H11ClN4. The molecule has 0 atom stereocenters. The fraction of sp³-hybridized carbons (Fsp3) is 0.167. The smallest absolute Gasteiger partial charge is 0.103 e. The van der Waals surface area contributed by atoms with Crippen molar-refractivity contribution in [2.75, 3.05) is 11.9 Å². The molecule has 0 aliphatic rings. The van der Waals surface area contributed by atoms with E-state index in [2.05, 4.69) is 16.4 Å². The number of nitriles is 1. The molecule has 2 aromatic rings. The van der Waals surface area contributed by atoms with Gasteiger partial charge in [-0.3, -0.25) is 0 Å². The number of rotatable bonds is 4. The molecule has 86 valence electrons. The molecule has 0 fully saturated rings. The molecule has 0 spiro atoms. The highest BCUT2D eigenvalue weighted by atomic mass is 35.5. The first kappa shape index (κ1) is 11.5. The summed E-state index contributed by atoms with van der Waals surface area (Å²) in [4.78, 5) is 3.96. The van der Waals surface area contributed by atoms with Crippen molar-refractivity contribution < 1.29 is 0 Å². The Balaban J connectivity index is 2.00. The van der Waals surface area contributed by atoms with Crippen molar-refractivity contribution in [3.05, 3.63) is 47.5 Å². The average Bonchev–Trinajstić information content (AvgIpc) is 2.82. The monoisotopic (exact) mass is 246 g/mol. The minimum atomic E-state index is 0.472. The second-order valence-electron chi connectivity index (χ2n) is 3.50. The van der Waals surface area contributed by atoms with Crippen LogP contribution in [-0.2, 0) is 6.54 Å². The summed E-state index contributed by atoms with van der Waals surface area (Å²) >= 11 is 5.93. The highest BCUT2D eigenvalue weighted by molar-refractivity contribution is 6.32. The molecule has 0 aliphatic carbocycles. The summed E-state index contributed by atoms with van der Waals surface area (Å²) in [6, 6.07) is 7.47. The highest BCUT2D eigenvalue weighted by Gasteiger charge is 2.04. The van der Waals surface area contributed by atoms with E-state index in [0.29, 0.717) is 17.1 Å². The lowest BCUT2D eigenvalue weighted by molar-refractivity contribution is 0.727. The van der Waals surface area contributed by atoms with E-state index in [1.165, 1.54) is 0 Å². The van der Waals surface area contributed by atoms with E-state index in [-0.39, 0.29) is 0 Å². The van der Waals surface area contributed by atoms with Crippen LogP contribution in [-0.4, -0.2) is 16.1 Å². The van der Waals surface area contributed by atoms with Crippen molar-refractivity contribution in [1.29, 1.82) is 5.26 Å². The molecule has 17 heavy (non-hydrogen) atoms. The van der Waals surface area contributed by atoms with Crippen LogP contribution in [0.2, 0.25) is 5.02 Å². The van der Waals surface area contributed by atoms with Gasteiger partial charge in [-0.2, -0.15) is 5.26 Å². The molecule has 5 heteroatoms. The van der Waals surface area contributed by atoms with Gasteiger partial charge in [0.15, 0.2) is 0 Å². The number of imidazole rings is 1. The van der Waals surface area contributed by atoms with E-state index in [9.17, 15) is 0 Å². The Hall–Kier alpha value is -1.99. The van der Waals surface area contributed by atoms with Crippen molar-refractivity contribution in [2.24, 2.45) is 0 Å². The Morgan fingerprint density at radius 2 is 2.35 bits per heavy atom. The summed E-state index contributed by atoms with van der Waals surface area (Å²) in [5.41, 5.74) is 1.25. The first-order chi connectivity index (χ1) is 8.31. The van der Waals surface area contributed by atoms with Gasteiger partial charge in [-0.1, -0.05) is 17.7 Å². The Labute approximate surface area is 104 Å². The van der Waals surface area contributed by atoms with Crippen molar-refractivity contribution in [3.8, 4) is 6.07 Å². The first-order valence-corrected chi connectivity index (χ1v) is 5.57. The van der Waals surface area contributed by atoms with Crippen LogP contribution < -0.4 is 5.32 Å². The fourth-order valence-electron chi connectivity index (χ4n) is 1.52. The number of nitrogens with one attached hydrogen (secondary N) is 1. The van der Waals surface area contributed by atoms with Gasteiger partial charge >= 0.3 is 0 Å². The van der Waals surface area contributed by atoms with Crippen LogP contribution in [0.25, 0.3) is 0 Å². The normalized spacial score (nSPS) is 9.88. The van der Waals surface area contributed by atoms with Gasteiger partial charge in [-0.25, -0.2) is 4.98 Å². The Bertz CT molecular complexity index is 528. The molecule has 1 aromatic heterocycles. The van der Waals surface area contributed by atoms with E-state index in [1.807, 2.05) is 22.9 Å². The highest BCUT2D eigenvalue weighted by Crippen LogP contribution is 2.22. The van der Waals surface area contributed by atoms with Crippen molar-refractivity contribution in [2.45, 2.75) is 6.54 Å². The number of aromatic nitrogens is 2. The van der Waals surface area contributed by atoms with Gasteiger partial charge in [-0.05, 0) is 12.1 Å². The van der Waals surface area contributed by atoms with Crippen LogP contribution in [0, 0.1) is 11.3 Å².